The minimum absolute atomic E-state index is 0.467. The number of rotatable bonds is 3. The molecule has 0 bridgehead atoms. The van der Waals surface area contributed by atoms with E-state index in [1.165, 1.54) is 0 Å². The number of carbonyl (C=O) groups excluding carboxylic acids is 1. The van der Waals surface area contributed by atoms with Crippen molar-refractivity contribution in [1.29, 1.82) is 0 Å². The van der Waals surface area contributed by atoms with E-state index in [0.29, 0.717) is 24.3 Å². The fourth-order valence-corrected chi connectivity index (χ4v) is 3.76. The molecule has 0 aromatic heterocycles. The molecule has 4 nitrogen and oxygen atoms in total. The van der Waals surface area contributed by atoms with Crippen LogP contribution in [0.1, 0.15) is 22.3 Å². The van der Waals surface area contributed by atoms with E-state index >= 15 is 0 Å². The van der Waals surface area contributed by atoms with Gasteiger partial charge in [0.25, 0.3) is 16.3 Å². The van der Waals surface area contributed by atoms with Crippen LogP contribution in [0.2, 0.25) is 0 Å². The van der Waals surface area contributed by atoms with Crippen molar-refractivity contribution in [3.05, 3.63) is 53.1 Å². The second-order valence-electron chi connectivity index (χ2n) is 5.18. The average molecular weight is 396 g/mol. The normalized spacial score (nSPS) is 17.4. The van der Waals surface area contributed by atoms with E-state index in [4.69, 9.17) is 4.74 Å². The molecule has 0 N–H and O–H groups in total. The maximum Gasteiger partial charge on any atom is 0.411 e. The van der Waals surface area contributed by atoms with Crippen LogP contribution in [0.5, 0.6) is 11.5 Å². The van der Waals surface area contributed by atoms with Crippen LogP contribution in [0.25, 0.3) is 0 Å². The summed E-state index contributed by atoms with van der Waals surface area (Å²) in [4.78, 5) is 10.5. The Hall–Kier alpha value is -2.56. The van der Waals surface area contributed by atoms with Crippen LogP contribution in [-0.4, -0.2) is 19.5 Å². The number of halogens is 6. The van der Waals surface area contributed by atoms with E-state index in [9.17, 15) is 39.6 Å². The summed E-state index contributed by atoms with van der Waals surface area (Å²) >= 11 is 0. The lowest BCUT2D eigenvalue weighted by molar-refractivity contribution is 0.0541. The van der Waals surface area contributed by atoms with Gasteiger partial charge in [-0.15, -0.1) is 0 Å². The van der Waals surface area contributed by atoms with Crippen molar-refractivity contribution in [3.8, 4) is 11.5 Å². The molecule has 138 valence electrons. The fraction of sp³-hybridized carbons (Fsp3) is 0.133. The summed E-state index contributed by atoms with van der Waals surface area (Å²) in [6.07, 6.45) is -3.56. The molecule has 3 rings (SSSR count). The Labute approximate surface area is 141 Å². The van der Waals surface area contributed by atoms with Gasteiger partial charge in [0.2, 0.25) is 5.78 Å². The van der Waals surface area contributed by atoms with Gasteiger partial charge in [-0.05, 0) is 24.3 Å². The van der Waals surface area contributed by atoms with E-state index in [1.807, 2.05) is 0 Å². The first kappa shape index (κ1) is 18.2. The lowest BCUT2D eigenvalue weighted by atomic mass is 10.0. The van der Waals surface area contributed by atoms with Crippen molar-refractivity contribution in [2.45, 2.75) is 16.6 Å². The van der Waals surface area contributed by atoms with E-state index in [0.717, 1.165) is 6.07 Å². The number of carbonyl (C=O) groups is 1. The average Bonchev–Trinajstić information content (AvgIpc) is 2.68. The van der Waals surface area contributed by atoms with Gasteiger partial charge in [-0.3, -0.25) is 4.79 Å². The third-order valence-corrected chi connectivity index (χ3v) is 5.40. The van der Waals surface area contributed by atoms with Gasteiger partial charge in [0.15, 0.2) is 11.6 Å². The van der Waals surface area contributed by atoms with Crippen molar-refractivity contribution in [3.63, 3.8) is 0 Å². The Bertz CT molecular complexity index is 1030. The van der Waals surface area contributed by atoms with Crippen LogP contribution in [0.4, 0.5) is 26.3 Å². The summed E-state index contributed by atoms with van der Waals surface area (Å²) in [5, 5.41) is -4.89. The maximum absolute atomic E-state index is 13.7. The molecule has 0 aliphatic carbocycles. The standard InChI is InChI=1S/C15H6F6O4S/c16-7-2-1-6(5-8(7)17)25-9-3-4-10-12(11(9)14(18)19)13(22)15(20,21)26(10,23)24/h1-5,14H. The van der Waals surface area contributed by atoms with Gasteiger partial charge >= 0.3 is 5.25 Å². The summed E-state index contributed by atoms with van der Waals surface area (Å²) in [5.74, 6) is -6.23. The number of alkyl halides is 4. The number of ether oxygens (including phenoxy) is 1. The first-order chi connectivity index (χ1) is 12.0. The zero-order valence-electron chi connectivity index (χ0n) is 12.3. The molecule has 0 amide bonds. The highest BCUT2D eigenvalue weighted by Gasteiger charge is 2.62. The molecular formula is C15H6F6O4S. The maximum atomic E-state index is 13.7. The predicted molar refractivity (Wildman–Crippen MR) is 74.3 cm³/mol. The highest BCUT2D eigenvalue weighted by molar-refractivity contribution is 7.94. The zero-order valence-corrected chi connectivity index (χ0v) is 13.1. The first-order valence-corrected chi connectivity index (χ1v) is 8.22. The van der Waals surface area contributed by atoms with Crippen LogP contribution in [0, 0.1) is 11.6 Å². The van der Waals surface area contributed by atoms with E-state index in [1.54, 1.807) is 0 Å². The fourth-order valence-electron chi connectivity index (χ4n) is 2.42. The van der Waals surface area contributed by atoms with E-state index in [2.05, 4.69) is 0 Å². The molecular weight excluding hydrogens is 390 g/mol. The monoisotopic (exact) mass is 396 g/mol. The van der Waals surface area contributed by atoms with Gasteiger partial charge in [0.1, 0.15) is 11.5 Å². The lowest BCUT2D eigenvalue weighted by Gasteiger charge is -2.13. The van der Waals surface area contributed by atoms with Crippen molar-refractivity contribution in [2.75, 3.05) is 0 Å². The summed E-state index contributed by atoms with van der Waals surface area (Å²) in [7, 11) is -5.47. The second-order valence-corrected chi connectivity index (χ2v) is 7.14. The topological polar surface area (TPSA) is 60.4 Å². The van der Waals surface area contributed by atoms with Gasteiger partial charge in [-0.1, -0.05) is 0 Å². The Morgan fingerprint density at radius 2 is 1.65 bits per heavy atom. The van der Waals surface area contributed by atoms with Gasteiger partial charge in [-0.25, -0.2) is 26.0 Å². The molecule has 1 aliphatic heterocycles. The summed E-state index contributed by atoms with van der Waals surface area (Å²) in [6, 6.07) is 3.15. The molecule has 0 atom stereocenters. The smallest absolute Gasteiger partial charge is 0.411 e. The Balaban J connectivity index is 2.20. The molecule has 26 heavy (non-hydrogen) atoms. The van der Waals surface area contributed by atoms with Gasteiger partial charge in [0.05, 0.1) is 16.0 Å². The number of fused-ring (bicyclic) bond motifs is 1. The van der Waals surface area contributed by atoms with Crippen LogP contribution >= 0.6 is 0 Å². The molecule has 0 saturated carbocycles. The molecule has 0 unspecified atom stereocenters. The van der Waals surface area contributed by atoms with Crippen molar-refractivity contribution in [2.24, 2.45) is 0 Å². The highest BCUT2D eigenvalue weighted by Crippen LogP contribution is 2.48. The molecule has 0 radical (unpaired) electrons. The van der Waals surface area contributed by atoms with Gasteiger partial charge < -0.3 is 4.74 Å². The number of Topliss-reactive ketones (excluding diaryl/α,β-unsaturated/α-hetero) is 1. The number of ketones is 1. The molecule has 0 saturated heterocycles. The minimum Gasteiger partial charge on any atom is -0.457 e. The Morgan fingerprint density at radius 3 is 2.23 bits per heavy atom. The quantitative estimate of drug-likeness (QED) is 0.728. The minimum atomic E-state index is -5.47. The van der Waals surface area contributed by atoms with Crippen LogP contribution in [-0.2, 0) is 9.84 Å². The number of sulfone groups is 1. The van der Waals surface area contributed by atoms with Crippen LogP contribution < -0.4 is 4.74 Å². The molecule has 0 fully saturated rings. The molecule has 1 heterocycles. The van der Waals surface area contributed by atoms with Crippen LogP contribution in [0.15, 0.2) is 35.2 Å². The Kier molecular flexibility index (Phi) is 4.02. The van der Waals surface area contributed by atoms with Gasteiger partial charge in [-0.2, -0.15) is 8.78 Å². The summed E-state index contributed by atoms with van der Waals surface area (Å²) in [5.41, 5.74) is -2.76. The molecule has 2 aromatic carbocycles. The first-order valence-electron chi connectivity index (χ1n) is 6.73. The zero-order chi connectivity index (χ0) is 19.4. The highest BCUT2D eigenvalue weighted by atomic mass is 32.2. The third kappa shape index (κ3) is 2.45. The van der Waals surface area contributed by atoms with Crippen molar-refractivity contribution < 1.29 is 44.3 Å². The Morgan fingerprint density at radius 1 is 1.00 bits per heavy atom. The van der Waals surface area contributed by atoms with Crippen LogP contribution in [0.3, 0.4) is 0 Å². The number of benzene rings is 2. The molecule has 2 aromatic rings. The van der Waals surface area contributed by atoms with Crippen molar-refractivity contribution in [1.82, 2.24) is 0 Å². The molecule has 1 aliphatic rings. The van der Waals surface area contributed by atoms with Crippen molar-refractivity contribution >= 4 is 15.6 Å². The lowest BCUT2D eigenvalue weighted by Crippen LogP contribution is -2.30. The molecule has 11 heteroatoms. The predicted octanol–water partition coefficient (Wildman–Crippen LogP) is 4.26. The third-order valence-electron chi connectivity index (χ3n) is 3.62. The van der Waals surface area contributed by atoms with E-state index in [-0.39, 0.29) is 0 Å². The largest absolute Gasteiger partial charge is 0.457 e. The second kappa shape index (κ2) is 5.73. The SMILES string of the molecule is O=C1c2c(ccc(Oc3ccc(F)c(F)c3)c2C(F)F)S(=O)(=O)C1(F)F. The summed E-state index contributed by atoms with van der Waals surface area (Å²) < 4.78 is 109. The van der Waals surface area contributed by atoms with Gasteiger partial charge in [0, 0.05) is 6.07 Å². The summed E-state index contributed by atoms with van der Waals surface area (Å²) in [6.45, 7) is 0. The molecule has 0 spiro atoms. The van der Waals surface area contributed by atoms with E-state index < -0.39 is 66.5 Å². The number of hydrogen-bond acceptors (Lipinski definition) is 4. The number of hydrogen-bond donors (Lipinski definition) is 0.